The number of piperidine rings is 2. The molecule has 4 fully saturated rings. The van der Waals surface area contributed by atoms with Crippen molar-refractivity contribution in [2.45, 2.75) is 76.3 Å². The molecule has 0 spiro atoms. The molecule has 2 N–H and O–H groups in total. The molecule has 4 aliphatic heterocycles. The molecular formula is C42H46F4N8O4. The van der Waals surface area contributed by atoms with Gasteiger partial charge >= 0.3 is 23.6 Å². The van der Waals surface area contributed by atoms with E-state index in [0.717, 1.165) is 33.6 Å². The van der Waals surface area contributed by atoms with Gasteiger partial charge in [0.05, 0.1) is 35.9 Å². The van der Waals surface area contributed by atoms with Gasteiger partial charge in [-0.2, -0.15) is 0 Å². The Hall–Kier alpha value is -5.54. The molecule has 4 aromatic rings. The van der Waals surface area contributed by atoms with Crippen LogP contribution in [0.4, 0.5) is 17.6 Å². The molecule has 12 nitrogen and oxygen atoms in total. The Labute approximate surface area is 333 Å². The van der Waals surface area contributed by atoms with Gasteiger partial charge in [-0.1, -0.05) is 62.4 Å². The quantitative estimate of drug-likeness (QED) is 0.175. The molecule has 58 heavy (non-hydrogen) atoms. The fraction of sp³-hybridized carbons (Fsp3) is 0.476. The maximum absolute atomic E-state index is 13.7. The van der Waals surface area contributed by atoms with E-state index < -0.39 is 73.2 Å². The number of nitrogens with zero attached hydrogens (tertiary/aromatic N) is 6. The van der Waals surface area contributed by atoms with Gasteiger partial charge in [-0.25, -0.2) is 27.5 Å². The topological polar surface area (TPSA) is 139 Å². The number of imidazole rings is 2. The highest BCUT2D eigenvalue weighted by atomic mass is 19.3. The van der Waals surface area contributed by atoms with Crippen LogP contribution in [0.3, 0.4) is 0 Å². The Morgan fingerprint density at radius 3 is 1.21 bits per heavy atom. The minimum Gasteiger partial charge on any atom is -0.340 e. The molecule has 6 heterocycles. The van der Waals surface area contributed by atoms with E-state index in [1.165, 1.54) is 19.6 Å². The second kappa shape index (κ2) is 15.3. The van der Waals surface area contributed by atoms with E-state index in [0.29, 0.717) is 37.6 Å². The maximum atomic E-state index is 13.7. The number of H-pyrrole nitrogens is 2. The highest BCUT2D eigenvalue weighted by molar-refractivity contribution is 6.35. The Morgan fingerprint density at radius 2 is 0.862 bits per heavy atom. The summed E-state index contributed by atoms with van der Waals surface area (Å²) in [5.74, 6) is -7.31. The number of carbonyl (C=O) groups is 4. The van der Waals surface area contributed by atoms with E-state index in [1.807, 2.05) is 62.4 Å². The SMILES string of the molecule is C[C@H]1CCN(C(=O)C(=O)N2CCC(F)(F)CC2)C1c1ncc(-c2ccc(-c3ccc(-c4cnc([C@@H]5[C@@H](C)CCN5C(=O)C(=O)N5CCC(F)(F)CC5)[nH]4)cc3)cc2)[nH]1. The first-order valence-electron chi connectivity index (χ1n) is 19.9. The van der Waals surface area contributed by atoms with Crippen molar-refractivity contribution in [3.63, 3.8) is 0 Å². The van der Waals surface area contributed by atoms with Crippen molar-refractivity contribution in [1.82, 2.24) is 39.5 Å². The lowest BCUT2D eigenvalue weighted by molar-refractivity contribution is -0.156. The van der Waals surface area contributed by atoms with Gasteiger partial charge < -0.3 is 29.6 Å². The third kappa shape index (κ3) is 7.72. The third-order valence-corrected chi connectivity index (χ3v) is 12.3. The molecule has 4 atom stereocenters. The van der Waals surface area contributed by atoms with Gasteiger partial charge in [0.25, 0.3) is 11.8 Å². The van der Waals surface area contributed by atoms with Crippen molar-refractivity contribution < 1.29 is 36.7 Å². The van der Waals surface area contributed by atoms with Gasteiger partial charge in [0.1, 0.15) is 11.6 Å². The lowest BCUT2D eigenvalue weighted by Crippen LogP contribution is -2.49. The van der Waals surface area contributed by atoms with Crippen LogP contribution in [0.1, 0.15) is 76.1 Å². The molecule has 0 bridgehead atoms. The standard InChI is InChI=1S/C42H46F4N8O4/c1-25-11-17-53(39(57)37(55)51-19-13-41(43,44)14-20-51)33(25)35-47-23-31(49-35)29-7-3-27(4-8-29)28-5-9-30(10-6-28)32-24-48-36(50-32)34-26(2)12-18-54(34)40(58)38(56)52-21-15-42(45,46)16-22-52/h3-10,23-26,33-34H,11-22H2,1-2H3,(H,47,49)(H,48,50)/t25-,26-,33-,34?/m0/s1. The van der Waals surface area contributed by atoms with E-state index in [1.54, 1.807) is 12.4 Å². The Bertz CT molecular complexity index is 2010. The lowest BCUT2D eigenvalue weighted by atomic mass is 10.0. The summed E-state index contributed by atoms with van der Waals surface area (Å²) in [7, 11) is 0. The average Bonchev–Trinajstić information content (AvgIpc) is 4.04. The molecule has 0 saturated carbocycles. The van der Waals surface area contributed by atoms with Crippen molar-refractivity contribution in [2.24, 2.45) is 11.8 Å². The number of carbonyl (C=O) groups excluding carboxylic acids is 4. The van der Waals surface area contributed by atoms with Gasteiger partial charge in [0.2, 0.25) is 0 Å². The molecule has 1 unspecified atom stereocenters. The lowest BCUT2D eigenvalue weighted by Gasteiger charge is -2.33. The molecule has 0 radical (unpaired) electrons. The predicted octanol–water partition coefficient (Wildman–Crippen LogP) is 6.47. The minimum absolute atomic E-state index is 0.0349. The van der Waals surface area contributed by atoms with Gasteiger partial charge in [-0.15, -0.1) is 0 Å². The van der Waals surface area contributed by atoms with E-state index in [2.05, 4.69) is 19.9 Å². The highest BCUT2D eigenvalue weighted by Gasteiger charge is 2.45. The molecule has 2 aromatic carbocycles. The van der Waals surface area contributed by atoms with Crippen LogP contribution < -0.4 is 0 Å². The van der Waals surface area contributed by atoms with Crippen LogP contribution in [0, 0.1) is 11.8 Å². The molecule has 4 amide bonds. The largest absolute Gasteiger partial charge is 0.340 e. The van der Waals surface area contributed by atoms with Gasteiger partial charge in [0, 0.05) is 65.0 Å². The zero-order valence-electron chi connectivity index (χ0n) is 32.4. The average molecular weight is 803 g/mol. The summed E-state index contributed by atoms with van der Waals surface area (Å²) in [4.78, 5) is 74.1. The number of aromatic amines is 2. The van der Waals surface area contributed by atoms with Crippen LogP contribution in [0.2, 0.25) is 0 Å². The number of benzene rings is 2. The smallest absolute Gasteiger partial charge is 0.312 e. The zero-order valence-corrected chi connectivity index (χ0v) is 32.4. The van der Waals surface area contributed by atoms with Crippen LogP contribution in [0.15, 0.2) is 60.9 Å². The first kappa shape index (κ1) is 39.3. The summed E-state index contributed by atoms with van der Waals surface area (Å²) >= 11 is 0. The summed E-state index contributed by atoms with van der Waals surface area (Å²) in [6.07, 6.45) is 2.99. The first-order valence-corrected chi connectivity index (χ1v) is 19.9. The number of alkyl halides is 4. The summed E-state index contributed by atoms with van der Waals surface area (Å²) in [5.41, 5.74) is 5.22. The second-order valence-corrected chi connectivity index (χ2v) is 16.2. The van der Waals surface area contributed by atoms with Gasteiger partial charge in [0.15, 0.2) is 0 Å². The molecule has 4 saturated heterocycles. The van der Waals surface area contributed by atoms with Crippen LogP contribution in [-0.2, 0) is 19.2 Å². The Morgan fingerprint density at radius 1 is 0.534 bits per heavy atom. The highest BCUT2D eigenvalue weighted by Crippen LogP contribution is 2.39. The number of halogens is 4. The van der Waals surface area contributed by atoms with Crippen LogP contribution >= 0.6 is 0 Å². The maximum Gasteiger partial charge on any atom is 0.312 e. The van der Waals surface area contributed by atoms with Crippen LogP contribution in [0.5, 0.6) is 0 Å². The zero-order chi connectivity index (χ0) is 40.9. The number of amides is 4. The van der Waals surface area contributed by atoms with E-state index >= 15 is 0 Å². The summed E-state index contributed by atoms with van der Waals surface area (Å²) in [6.45, 7) is 4.17. The van der Waals surface area contributed by atoms with E-state index in [9.17, 15) is 36.7 Å². The summed E-state index contributed by atoms with van der Waals surface area (Å²) in [6, 6.07) is 15.0. The third-order valence-electron chi connectivity index (χ3n) is 12.3. The number of rotatable bonds is 5. The fourth-order valence-electron chi connectivity index (χ4n) is 8.73. The number of aromatic nitrogens is 4. The van der Waals surface area contributed by atoms with Crippen molar-refractivity contribution in [3.8, 4) is 33.6 Å². The molecule has 0 aliphatic carbocycles. The predicted molar refractivity (Wildman–Crippen MR) is 205 cm³/mol. The van der Waals surface area contributed by atoms with E-state index in [4.69, 9.17) is 0 Å². The fourth-order valence-corrected chi connectivity index (χ4v) is 8.73. The summed E-state index contributed by atoms with van der Waals surface area (Å²) in [5, 5.41) is 0. The molecule has 8 rings (SSSR count). The van der Waals surface area contributed by atoms with Crippen molar-refractivity contribution in [3.05, 3.63) is 72.6 Å². The van der Waals surface area contributed by atoms with Gasteiger partial charge in [-0.05, 0) is 46.9 Å². The number of hydrogen-bond donors (Lipinski definition) is 2. The van der Waals surface area contributed by atoms with E-state index in [-0.39, 0.29) is 38.0 Å². The number of nitrogens with one attached hydrogen (secondary N) is 2. The number of hydrogen-bond acceptors (Lipinski definition) is 6. The van der Waals surface area contributed by atoms with Crippen molar-refractivity contribution in [2.75, 3.05) is 39.3 Å². The Kier molecular flexibility index (Phi) is 10.4. The van der Waals surface area contributed by atoms with Crippen LogP contribution in [-0.4, -0.2) is 114 Å². The monoisotopic (exact) mass is 802 g/mol. The first-order chi connectivity index (χ1) is 27.7. The van der Waals surface area contributed by atoms with Gasteiger partial charge in [-0.3, -0.25) is 19.2 Å². The summed E-state index contributed by atoms with van der Waals surface area (Å²) < 4.78 is 54.7. The molecule has 4 aliphatic rings. The molecule has 2 aromatic heterocycles. The van der Waals surface area contributed by atoms with Crippen LogP contribution in [0.25, 0.3) is 33.6 Å². The normalized spacial score (nSPS) is 24.3. The molecule has 306 valence electrons. The molecular weight excluding hydrogens is 757 g/mol. The number of likely N-dealkylation sites (tertiary alicyclic amines) is 4. The minimum atomic E-state index is -2.82. The Balaban J connectivity index is 0.908. The van der Waals surface area contributed by atoms with Crippen molar-refractivity contribution in [1.29, 1.82) is 0 Å². The second-order valence-electron chi connectivity index (χ2n) is 16.2. The molecule has 16 heteroatoms. The van der Waals surface area contributed by atoms with Crippen molar-refractivity contribution >= 4 is 23.6 Å².